The molecule has 1 fully saturated rings. The van der Waals surface area contributed by atoms with Crippen LogP contribution in [0.5, 0.6) is 5.75 Å². The Bertz CT molecular complexity index is 524. The fourth-order valence-corrected chi connectivity index (χ4v) is 3.01. The second-order valence-corrected chi connectivity index (χ2v) is 5.57. The molecule has 20 heavy (non-hydrogen) atoms. The summed E-state index contributed by atoms with van der Waals surface area (Å²) in [7, 11) is 1.65. The van der Waals surface area contributed by atoms with Crippen LogP contribution in [0.3, 0.4) is 0 Å². The van der Waals surface area contributed by atoms with E-state index in [9.17, 15) is 4.79 Å². The van der Waals surface area contributed by atoms with Crippen LogP contribution >= 0.6 is 0 Å². The van der Waals surface area contributed by atoms with E-state index in [0.717, 1.165) is 37.0 Å². The maximum absolute atomic E-state index is 12.6. The number of hydrogen-bond acceptors (Lipinski definition) is 4. The van der Waals surface area contributed by atoms with Crippen molar-refractivity contribution in [3.05, 3.63) is 29.3 Å². The van der Waals surface area contributed by atoms with Gasteiger partial charge in [-0.15, -0.1) is 0 Å². The van der Waals surface area contributed by atoms with Gasteiger partial charge in [0, 0.05) is 6.04 Å². The molecule has 1 aromatic carbocycles. The molecular weight excluding hydrogens is 254 g/mol. The number of esters is 1. The molecule has 4 heteroatoms. The first-order valence-corrected chi connectivity index (χ1v) is 7.32. The van der Waals surface area contributed by atoms with Crippen molar-refractivity contribution < 1.29 is 14.3 Å². The van der Waals surface area contributed by atoms with Crippen LogP contribution in [-0.2, 0) is 21.5 Å². The van der Waals surface area contributed by atoms with Crippen molar-refractivity contribution in [2.75, 3.05) is 13.7 Å². The molecule has 108 valence electrons. The van der Waals surface area contributed by atoms with Gasteiger partial charge in [-0.25, -0.2) is 4.79 Å². The Kier molecular flexibility index (Phi) is 3.42. The lowest BCUT2D eigenvalue weighted by Crippen LogP contribution is -2.49. The first kappa shape index (κ1) is 13.4. The van der Waals surface area contributed by atoms with E-state index in [4.69, 9.17) is 9.47 Å². The molecule has 1 unspecified atom stereocenters. The monoisotopic (exact) mass is 275 g/mol. The Labute approximate surface area is 119 Å². The molecule has 0 saturated heterocycles. The molecule has 0 bridgehead atoms. The predicted molar refractivity (Wildman–Crippen MR) is 75.8 cm³/mol. The topological polar surface area (TPSA) is 47.6 Å². The minimum Gasteiger partial charge on any atom is -0.497 e. The Morgan fingerprint density at radius 3 is 2.90 bits per heavy atom. The molecule has 4 nitrogen and oxygen atoms in total. The van der Waals surface area contributed by atoms with Crippen molar-refractivity contribution >= 4 is 5.97 Å². The van der Waals surface area contributed by atoms with Gasteiger partial charge in [0.25, 0.3) is 0 Å². The predicted octanol–water partition coefficient (Wildman–Crippen LogP) is 2.15. The number of rotatable bonds is 5. The molecule has 1 aromatic rings. The average molecular weight is 275 g/mol. The van der Waals surface area contributed by atoms with Crippen LogP contribution in [0.4, 0.5) is 0 Å². The molecule has 0 aliphatic heterocycles. The van der Waals surface area contributed by atoms with Crippen LogP contribution in [0.25, 0.3) is 0 Å². The smallest absolute Gasteiger partial charge is 0.331 e. The van der Waals surface area contributed by atoms with Gasteiger partial charge in [0.1, 0.15) is 11.3 Å². The summed E-state index contributed by atoms with van der Waals surface area (Å²) < 4.78 is 10.7. The van der Waals surface area contributed by atoms with E-state index in [2.05, 4.69) is 11.4 Å². The van der Waals surface area contributed by atoms with Gasteiger partial charge in [-0.05, 0) is 55.9 Å². The molecule has 1 atom stereocenters. The van der Waals surface area contributed by atoms with Gasteiger partial charge in [0.2, 0.25) is 0 Å². The van der Waals surface area contributed by atoms with E-state index in [1.54, 1.807) is 7.11 Å². The third-order valence-electron chi connectivity index (χ3n) is 4.20. The largest absolute Gasteiger partial charge is 0.497 e. The van der Waals surface area contributed by atoms with Crippen molar-refractivity contribution in [1.82, 2.24) is 5.32 Å². The van der Waals surface area contributed by atoms with E-state index in [1.165, 1.54) is 5.56 Å². The highest BCUT2D eigenvalue weighted by Gasteiger charge is 2.49. The average Bonchev–Trinajstić information content (AvgIpc) is 3.20. The van der Waals surface area contributed by atoms with Crippen LogP contribution in [-0.4, -0.2) is 25.7 Å². The summed E-state index contributed by atoms with van der Waals surface area (Å²) in [5.41, 5.74) is 1.57. The highest BCUT2D eigenvalue weighted by Crippen LogP contribution is 2.42. The molecule has 0 heterocycles. The summed E-state index contributed by atoms with van der Waals surface area (Å²) >= 11 is 0. The first-order chi connectivity index (χ1) is 9.69. The molecule has 2 aliphatic carbocycles. The third kappa shape index (κ3) is 2.18. The fraction of sp³-hybridized carbons (Fsp3) is 0.562. The van der Waals surface area contributed by atoms with Crippen LogP contribution in [0.1, 0.15) is 37.3 Å². The lowest BCUT2D eigenvalue weighted by Gasteiger charge is -2.29. The van der Waals surface area contributed by atoms with Crippen molar-refractivity contribution in [2.24, 2.45) is 0 Å². The molecular formula is C16H21NO3. The Hall–Kier alpha value is -1.55. The number of benzene rings is 1. The minimum absolute atomic E-state index is 0.154. The lowest BCUT2D eigenvalue weighted by atomic mass is 9.91. The molecule has 2 aliphatic rings. The summed E-state index contributed by atoms with van der Waals surface area (Å²) in [4.78, 5) is 12.6. The molecule has 1 saturated carbocycles. The number of aryl methyl sites for hydroxylation is 1. The summed E-state index contributed by atoms with van der Waals surface area (Å²) in [6.45, 7) is 2.26. The van der Waals surface area contributed by atoms with E-state index in [1.807, 2.05) is 19.1 Å². The molecule has 3 rings (SSSR count). The number of hydrogen-bond donors (Lipinski definition) is 1. The Morgan fingerprint density at radius 2 is 2.25 bits per heavy atom. The van der Waals surface area contributed by atoms with Crippen molar-refractivity contribution in [3.8, 4) is 5.75 Å². The van der Waals surface area contributed by atoms with E-state index >= 15 is 0 Å². The SMILES string of the molecule is CCOC(=O)C1(NC2CC2)CCc2ccc(OC)cc21. The first-order valence-electron chi connectivity index (χ1n) is 7.32. The highest BCUT2D eigenvalue weighted by atomic mass is 16.5. The van der Waals surface area contributed by atoms with Crippen LogP contribution < -0.4 is 10.1 Å². The molecule has 0 amide bonds. The quantitative estimate of drug-likeness (QED) is 0.837. The second-order valence-electron chi connectivity index (χ2n) is 5.57. The van der Waals surface area contributed by atoms with Gasteiger partial charge in [0.05, 0.1) is 13.7 Å². The van der Waals surface area contributed by atoms with Gasteiger partial charge in [-0.2, -0.15) is 0 Å². The molecule has 0 radical (unpaired) electrons. The third-order valence-corrected chi connectivity index (χ3v) is 4.20. The summed E-state index contributed by atoms with van der Waals surface area (Å²) in [6, 6.07) is 6.44. The lowest BCUT2D eigenvalue weighted by molar-refractivity contribution is -0.151. The maximum Gasteiger partial charge on any atom is 0.331 e. The Balaban J connectivity index is 2.01. The van der Waals surface area contributed by atoms with Gasteiger partial charge in [-0.1, -0.05) is 6.07 Å². The number of carbonyl (C=O) groups is 1. The van der Waals surface area contributed by atoms with Gasteiger partial charge >= 0.3 is 5.97 Å². The fourth-order valence-electron chi connectivity index (χ4n) is 3.01. The zero-order valence-electron chi connectivity index (χ0n) is 12.1. The van der Waals surface area contributed by atoms with Gasteiger partial charge in [0.15, 0.2) is 0 Å². The second kappa shape index (κ2) is 5.09. The zero-order valence-corrected chi connectivity index (χ0v) is 12.1. The van der Waals surface area contributed by atoms with Gasteiger partial charge < -0.3 is 9.47 Å². The van der Waals surface area contributed by atoms with Gasteiger partial charge in [-0.3, -0.25) is 5.32 Å². The van der Waals surface area contributed by atoms with Crippen molar-refractivity contribution in [2.45, 2.75) is 44.2 Å². The van der Waals surface area contributed by atoms with E-state index in [-0.39, 0.29) is 5.97 Å². The summed E-state index contributed by atoms with van der Waals surface area (Å²) in [5, 5.41) is 3.53. The van der Waals surface area contributed by atoms with E-state index in [0.29, 0.717) is 12.6 Å². The standard InChI is InChI=1S/C16H21NO3/c1-3-20-15(18)16(17-12-5-6-12)9-8-11-4-7-13(19-2)10-14(11)16/h4,7,10,12,17H,3,5-6,8-9H2,1-2H3. The van der Waals surface area contributed by atoms with E-state index < -0.39 is 5.54 Å². The maximum atomic E-state index is 12.6. The van der Waals surface area contributed by atoms with Crippen molar-refractivity contribution in [1.29, 1.82) is 0 Å². The number of methoxy groups -OCH3 is 1. The number of nitrogens with one attached hydrogen (secondary N) is 1. The molecule has 0 aromatic heterocycles. The number of ether oxygens (including phenoxy) is 2. The number of fused-ring (bicyclic) bond motifs is 1. The number of carbonyl (C=O) groups excluding carboxylic acids is 1. The minimum atomic E-state index is -0.680. The Morgan fingerprint density at radius 1 is 1.45 bits per heavy atom. The van der Waals surface area contributed by atoms with Crippen LogP contribution in [0, 0.1) is 0 Å². The van der Waals surface area contributed by atoms with Crippen molar-refractivity contribution in [3.63, 3.8) is 0 Å². The summed E-state index contributed by atoms with van der Waals surface area (Å²) in [5.74, 6) is 0.635. The van der Waals surface area contributed by atoms with Crippen LogP contribution in [0.2, 0.25) is 0 Å². The van der Waals surface area contributed by atoms with Crippen LogP contribution in [0.15, 0.2) is 18.2 Å². The molecule has 0 spiro atoms. The zero-order chi connectivity index (χ0) is 14.2. The summed E-state index contributed by atoms with van der Waals surface area (Å²) in [6.07, 6.45) is 3.95. The highest BCUT2D eigenvalue weighted by molar-refractivity contribution is 5.84. The normalized spacial score (nSPS) is 24.3. The molecule has 1 N–H and O–H groups in total.